The zero-order valence-electron chi connectivity index (χ0n) is 12.5. The van der Waals surface area contributed by atoms with Crippen molar-refractivity contribution in [1.82, 2.24) is 5.32 Å². The Morgan fingerprint density at radius 3 is 2.52 bits per heavy atom. The van der Waals surface area contributed by atoms with Crippen molar-refractivity contribution in [3.8, 4) is 5.75 Å². The molecule has 0 heterocycles. The summed E-state index contributed by atoms with van der Waals surface area (Å²) in [5, 5.41) is 2.49. The van der Waals surface area contributed by atoms with E-state index in [1.165, 1.54) is 11.8 Å². The minimum atomic E-state index is -0.298. The number of ether oxygens (including phenoxy) is 2. The van der Waals surface area contributed by atoms with Crippen LogP contribution in [-0.2, 0) is 14.3 Å². The van der Waals surface area contributed by atoms with E-state index < -0.39 is 0 Å². The van der Waals surface area contributed by atoms with E-state index in [4.69, 9.17) is 9.47 Å². The molecular weight excluding hydrogens is 290 g/mol. The summed E-state index contributed by atoms with van der Waals surface area (Å²) >= 11 is 1.46. The summed E-state index contributed by atoms with van der Waals surface area (Å²) in [7, 11) is 1.61. The Kier molecular flexibility index (Phi) is 7.68. The molecule has 0 radical (unpaired) electrons. The van der Waals surface area contributed by atoms with Crippen molar-refractivity contribution in [3.63, 3.8) is 0 Å². The third kappa shape index (κ3) is 6.53. The van der Waals surface area contributed by atoms with Gasteiger partial charge >= 0.3 is 5.97 Å². The maximum Gasteiger partial charge on any atom is 0.307 e. The lowest BCUT2D eigenvalue weighted by Gasteiger charge is -2.12. The van der Waals surface area contributed by atoms with Gasteiger partial charge in [0.05, 0.1) is 25.4 Å². The first-order valence-corrected chi connectivity index (χ1v) is 7.68. The average molecular weight is 311 g/mol. The molecule has 0 aliphatic carbocycles. The molecule has 1 amide bonds. The van der Waals surface area contributed by atoms with Gasteiger partial charge in [-0.1, -0.05) is 0 Å². The fraction of sp³-hybridized carbons (Fsp3) is 0.467. The minimum absolute atomic E-state index is 0.0971. The average Bonchev–Trinajstić information content (AvgIpc) is 2.48. The number of carbonyl (C=O) groups excluding carboxylic acids is 2. The number of methoxy groups -OCH3 is 1. The van der Waals surface area contributed by atoms with Crippen molar-refractivity contribution >= 4 is 23.6 Å². The quantitative estimate of drug-likeness (QED) is 0.589. The molecule has 0 aromatic heterocycles. The van der Waals surface area contributed by atoms with E-state index in [0.717, 1.165) is 10.6 Å². The summed E-state index contributed by atoms with van der Waals surface area (Å²) in [6.07, 6.45) is 0.194. The van der Waals surface area contributed by atoms with Crippen molar-refractivity contribution in [2.45, 2.75) is 30.4 Å². The molecular formula is C15H21NO4S. The Morgan fingerprint density at radius 1 is 1.29 bits per heavy atom. The molecule has 1 aromatic carbocycles. The molecule has 1 N–H and O–H groups in total. The second-order valence-electron chi connectivity index (χ2n) is 4.28. The van der Waals surface area contributed by atoms with Gasteiger partial charge in [0.25, 0.3) is 0 Å². The number of thioether (sulfide) groups is 1. The van der Waals surface area contributed by atoms with Crippen molar-refractivity contribution < 1.29 is 19.1 Å². The van der Waals surface area contributed by atoms with Gasteiger partial charge in [-0.2, -0.15) is 0 Å². The Hall–Kier alpha value is -1.69. The van der Waals surface area contributed by atoms with Crippen molar-refractivity contribution in [2.24, 2.45) is 0 Å². The second kappa shape index (κ2) is 9.28. The maximum absolute atomic E-state index is 11.9. The lowest BCUT2D eigenvalue weighted by atomic mass is 10.3. The predicted molar refractivity (Wildman–Crippen MR) is 82.6 cm³/mol. The highest BCUT2D eigenvalue weighted by Crippen LogP contribution is 2.25. The van der Waals surface area contributed by atoms with Gasteiger partial charge in [-0.05, 0) is 38.1 Å². The van der Waals surface area contributed by atoms with Crippen LogP contribution in [-0.4, -0.2) is 37.4 Å². The van der Waals surface area contributed by atoms with E-state index in [9.17, 15) is 9.59 Å². The number of benzene rings is 1. The van der Waals surface area contributed by atoms with Crippen molar-refractivity contribution in [1.29, 1.82) is 0 Å². The standard InChI is InChI=1S/C15H21NO4S/c1-4-20-14(17)9-10-16-15(18)11(2)21-13-7-5-12(19-3)6-8-13/h5-8,11H,4,9-10H2,1-3H3,(H,16,18). The first-order valence-electron chi connectivity index (χ1n) is 6.80. The summed E-state index contributed by atoms with van der Waals surface area (Å²) in [5.74, 6) is 0.388. The summed E-state index contributed by atoms with van der Waals surface area (Å²) in [5.41, 5.74) is 0. The second-order valence-corrected chi connectivity index (χ2v) is 5.70. The molecule has 0 saturated carbocycles. The van der Waals surface area contributed by atoms with Crippen LogP contribution in [0.2, 0.25) is 0 Å². The topological polar surface area (TPSA) is 64.6 Å². The number of hydrogen-bond acceptors (Lipinski definition) is 5. The molecule has 0 aliphatic heterocycles. The van der Waals surface area contributed by atoms with Crippen LogP contribution in [0.1, 0.15) is 20.3 Å². The number of nitrogens with one attached hydrogen (secondary N) is 1. The van der Waals surface area contributed by atoms with Gasteiger partial charge in [0.15, 0.2) is 0 Å². The molecule has 0 bridgehead atoms. The molecule has 1 rings (SSSR count). The number of esters is 1. The molecule has 1 unspecified atom stereocenters. The van der Waals surface area contributed by atoms with Crippen LogP contribution in [0.15, 0.2) is 29.2 Å². The normalized spacial score (nSPS) is 11.6. The number of carbonyl (C=O) groups is 2. The first-order chi connectivity index (χ1) is 10.1. The highest BCUT2D eigenvalue weighted by Gasteiger charge is 2.14. The van der Waals surface area contributed by atoms with E-state index in [0.29, 0.717) is 13.2 Å². The molecule has 116 valence electrons. The molecule has 0 aliphatic rings. The van der Waals surface area contributed by atoms with Crippen LogP contribution in [0.3, 0.4) is 0 Å². The number of rotatable bonds is 8. The molecule has 5 nitrogen and oxygen atoms in total. The van der Waals surface area contributed by atoms with Gasteiger partial charge < -0.3 is 14.8 Å². The number of amides is 1. The predicted octanol–water partition coefficient (Wildman–Crippen LogP) is 2.25. The minimum Gasteiger partial charge on any atom is -0.497 e. The van der Waals surface area contributed by atoms with Crippen molar-refractivity contribution in [3.05, 3.63) is 24.3 Å². The van der Waals surface area contributed by atoms with Gasteiger partial charge in [-0.25, -0.2) is 0 Å². The highest BCUT2D eigenvalue weighted by molar-refractivity contribution is 8.00. The van der Waals surface area contributed by atoms with E-state index >= 15 is 0 Å². The molecule has 1 atom stereocenters. The Balaban J connectivity index is 2.34. The summed E-state index contributed by atoms with van der Waals surface area (Å²) in [6.45, 7) is 4.24. The smallest absolute Gasteiger partial charge is 0.307 e. The van der Waals surface area contributed by atoms with Crippen LogP contribution in [0.4, 0.5) is 0 Å². The lowest BCUT2D eigenvalue weighted by Crippen LogP contribution is -2.32. The third-order valence-corrected chi connectivity index (χ3v) is 3.79. The zero-order chi connectivity index (χ0) is 15.7. The van der Waals surface area contributed by atoms with E-state index in [1.54, 1.807) is 14.0 Å². The van der Waals surface area contributed by atoms with Crippen LogP contribution in [0.25, 0.3) is 0 Å². The summed E-state index contributed by atoms with van der Waals surface area (Å²) < 4.78 is 9.88. The highest BCUT2D eigenvalue weighted by atomic mass is 32.2. The lowest BCUT2D eigenvalue weighted by molar-refractivity contribution is -0.143. The van der Waals surface area contributed by atoms with Gasteiger partial charge in [0.2, 0.25) is 5.91 Å². The van der Waals surface area contributed by atoms with Crippen molar-refractivity contribution in [2.75, 3.05) is 20.3 Å². The molecule has 0 spiro atoms. The first kappa shape index (κ1) is 17.4. The third-order valence-electron chi connectivity index (χ3n) is 2.68. The molecule has 1 aromatic rings. The largest absolute Gasteiger partial charge is 0.497 e. The Morgan fingerprint density at radius 2 is 1.95 bits per heavy atom. The summed E-state index contributed by atoms with van der Waals surface area (Å²) in [4.78, 5) is 24.0. The molecule has 0 saturated heterocycles. The fourth-order valence-corrected chi connectivity index (χ4v) is 2.47. The van der Waals surface area contributed by atoms with Crippen LogP contribution in [0, 0.1) is 0 Å². The van der Waals surface area contributed by atoms with E-state index in [1.807, 2.05) is 31.2 Å². The monoisotopic (exact) mass is 311 g/mol. The Bertz CT molecular complexity index is 461. The van der Waals surface area contributed by atoms with E-state index in [-0.39, 0.29) is 23.5 Å². The van der Waals surface area contributed by atoms with Crippen LogP contribution >= 0.6 is 11.8 Å². The maximum atomic E-state index is 11.9. The van der Waals surface area contributed by atoms with Gasteiger partial charge in [-0.15, -0.1) is 11.8 Å². The van der Waals surface area contributed by atoms with Gasteiger partial charge in [0, 0.05) is 11.4 Å². The van der Waals surface area contributed by atoms with E-state index in [2.05, 4.69) is 5.32 Å². The van der Waals surface area contributed by atoms with Gasteiger partial charge in [-0.3, -0.25) is 9.59 Å². The Labute approximate surface area is 129 Å². The van der Waals surface area contributed by atoms with Gasteiger partial charge in [0.1, 0.15) is 5.75 Å². The number of hydrogen-bond donors (Lipinski definition) is 1. The fourth-order valence-electron chi connectivity index (χ4n) is 1.58. The molecule has 0 fully saturated rings. The molecule has 21 heavy (non-hydrogen) atoms. The van der Waals surface area contributed by atoms with Crippen LogP contribution < -0.4 is 10.1 Å². The SMILES string of the molecule is CCOC(=O)CCNC(=O)C(C)Sc1ccc(OC)cc1. The van der Waals surface area contributed by atoms with Crippen LogP contribution in [0.5, 0.6) is 5.75 Å². The zero-order valence-corrected chi connectivity index (χ0v) is 13.4. The summed E-state index contributed by atoms with van der Waals surface area (Å²) in [6, 6.07) is 7.53. The molecule has 6 heteroatoms.